The molecule has 1 aliphatic heterocycles. The summed E-state index contributed by atoms with van der Waals surface area (Å²) in [5.41, 5.74) is 7.76. The van der Waals surface area contributed by atoms with Gasteiger partial charge in [-0.05, 0) is 36.8 Å². The lowest BCUT2D eigenvalue weighted by Gasteiger charge is -2.10. The number of nitrogen functional groups attached to an aromatic ring is 1. The van der Waals surface area contributed by atoms with Crippen molar-refractivity contribution < 1.29 is 14.2 Å². The first-order chi connectivity index (χ1) is 10.1. The molecule has 0 atom stereocenters. The van der Waals surface area contributed by atoms with Gasteiger partial charge in [0.05, 0.1) is 5.56 Å². The van der Waals surface area contributed by atoms with Crippen molar-refractivity contribution in [3.05, 3.63) is 47.2 Å². The van der Waals surface area contributed by atoms with Crippen LogP contribution in [0.3, 0.4) is 0 Å². The van der Waals surface area contributed by atoms with Crippen molar-refractivity contribution in [1.29, 1.82) is 5.41 Å². The quantitative estimate of drug-likeness (QED) is 0.662. The van der Waals surface area contributed by atoms with E-state index >= 15 is 0 Å². The first kappa shape index (κ1) is 13.2. The number of hydrogen-bond donors (Lipinski definition) is 2. The monoisotopic (exact) mass is 285 g/mol. The maximum Gasteiger partial charge on any atom is 0.231 e. The number of fused-ring (bicyclic) bond motifs is 1. The van der Waals surface area contributed by atoms with E-state index in [-0.39, 0.29) is 12.6 Å². The summed E-state index contributed by atoms with van der Waals surface area (Å²) in [7, 11) is 0. The Morgan fingerprint density at radius 1 is 1.29 bits per heavy atom. The number of nitrogens with zero attached hydrogens (tertiary/aromatic N) is 1. The molecule has 21 heavy (non-hydrogen) atoms. The van der Waals surface area contributed by atoms with Gasteiger partial charge in [-0.25, -0.2) is 4.98 Å². The summed E-state index contributed by atoms with van der Waals surface area (Å²) in [5, 5.41) is 7.55. The molecule has 0 saturated heterocycles. The number of hydrogen-bond acceptors (Lipinski definition) is 5. The number of aryl methyl sites for hydroxylation is 1. The number of rotatable bonds is 4. The van der Waals surface area contributed by atoms with Crippen molar-refractivity contribution in [2.24, 2.45) is 5.73 Å². The smallest absolute Gasteiger partial charge is 0.231 e. The molecule has 0 bridgehead atoms. The second kappa shape index (κ2) is 5.32. The van der Waals surface area contributed by atoms with Gasteiger partial charge in [0.1, 0.15) is 12.4 Å². The number of aromatic nitrogens is 1. The second-order valence-electron chi connectivity index (χ2n) is 4.70. The number of nitrogens with one attached hydrogen (secondary N) is 1. The minimum atomic E-state index is -0.0665. The molecule has 6 heteroatoms. The zero-order valence-electron chi connectivity index (χ0n) is 11.6. The summed E-state index contributed by atoms with van der Waals surface area (Å²) < 4.78 is 16.3. The first-order valence-corrected chi connectivity index (χ1v) is 6.47. The zero-order chi connectivity index (χ0) is 14.8. The first-order valence-electron chi connectivity index (χ1n) is 6.47. The summed E-state index contributed by atoms with van der Waals surface area (Å²) in [6.45, 7) is 2.41. The molecule has 108 valence electrons. The standard InChI is InChI=1S/C15H15N3O3/c1-9-2-4-11(14(16)17)15(18-9)19-7-10-3-5-12-13(6-10)21-8-20-12/h2-6H,7-8H2,1H3,(H3,16,17). The summed E-state index contributed by atoms with van der Waals surface area (Å²) >= 11 is 0. The van der Waals surface area contributed by atoms with Crippen LogP contribution in [0.15, 0.2) is 30.3 Å². The van der Waals surface area contributed by atoms with E-state index in [2.05, 4.69) is 4.98 Å². The van der Waals surface area contributed by atoms with Crippen molar-refractivity contribution in [1.82, 2.24) is 4.98 Å². The maximum atomic E-state index is 7.55. The average Bonchev–Trinajstić information content (AvgIpc) is 2.92. The highest BCUT2D eigenvalue weighted by Gasteiger charge is 2.14. The van der Waals surface area contributed by atoms with Crippen LogP contribution in [0.4, 0.5) is 0 Å². The predicted octanol–water partition coefficient (Wildman–Crippen LogP) is 1.98. The molecular weight excluding hydrogens is 270 g/mol. The highest BCUT2D eigenvalue weighted by molar-refractivity contribution is 5.97. The second-order valence-corrected chi connectivity index (χ2v) is 4.70. The van der Waals surface area contributed by atoms with Gasteiger partial charge in [0.2, 0.25) is 12.7 Å². The third-order valence-corrected chi connectivity index (χ3v) is 3.10. The fourth-order valence-corrected chi connectivity index (χ4v) is 2.03. The molecule has 2 aromatic rings. The van der Waals surface area contributed by atoms with Crippen LogP contribution in [0.1, 0.15) is 16.8 Å². The van der Waals surface area contributed by atoms with E-state index in [0.29, 0.717) is 23.8 Å². The van der Waals surface area contributed by atoms with Gasteiger partial charge in [-0.2, -0.15) is 0 Å². The third-order valence-electron chi connectivity index (χ3n) is 3.10. The highest BCUT2D eigenvalue weighted by Crippen LogP contribution is 2.32. The lowest BCUT2D eigenvalue weighted by atomic mass is 10.2. The van der Waals surface area contributed by atoms with Gasteiger partial charge in [-0.15, -0.1) is 0 Å². The largest absolute Gasteiger partial charge is 0.472 e. The Hall–Kier alpha value is -2.76. The Morgan fingerprint density at radius 2 is 2.10 bits per heavy atom. The van der Waals surface area contributed by atoms with Crippen molar-refractivity contribution in [3.63, 3.8) is 0 Å². The van der Waals surface area contributed by atoms with Crippen LogP contribution in [0.5, 0.6) is 17.4 Å². The van der Waals surface area contributed by atoms with Gasteiger partial charge in [-0.3, -0.25) is 5.41 Å². The summed E-state index contributed by atoms with van der Waals surface area (Å²) in [6.07, 6.45) is 0. The van der Waals surface area contributed by atoms with Crippen LogP contribution in [0, 0.1) is 12.3 Å². The van der Waals surface area contributed by atoms with E-state index < -0.39 is 0 Å². The summed E-state index contributed by atoms with van der Waals surface area (Å²) in [4.78, 5) is 4.28. The number of nitrogens with two attached hydrogens (primary N) is 1. The van der Waals surface area contributed by atoms with E-state index in [0.717, 1.165) is 17.0 Å². The minimum absolute atomic E-state index is 0.0665. The molecule has 1 aromatic carbocycles. The van der Waals surface area contributed by atoms with E-state index in [1.165, 1.54) is 0 Å². The number of benzene rings is 1. The van der Waals surface area contributed by atoms with Crippen LogP contribution < -0.4 is 19.9 Å². The van der Waals surface area contributed by atoms with Gasteiger partial charge in [0.15, 0.2) is 11.5 Å². The maximum absolute atomic E-state index is 7.55. The fourth-order valence-electron chi connectivity index (χ4n) is 2.03. The van der Waals surface area contributed by atoms with Crippen LogP contribution in [0.25, 0.3) is 0 Å². The van der Waals surface area contributed by atoms with Crippen molar-refractivity contribution in [3.8, 4) is 17.4 Å². The lowest BCUT2D eigenvalue weighted by molar-refractivity contribution is 0.174. The third kappa shape index (κ3) is 2.74. The Labute approximate surface area is 122 Å². The van der Waals surface area contributed by atoms with Gasteiger partial charge < -0.3 is 19.9 Å². The number of amidine groups is 1. The molecule has 0 aliphatic carbocycles. The predicted molar refractivity (Wildman–Crippen MR) is 76.9 cm³/mol. The van der Waals surface area contributed by atoms with Crippen molar-refractivity contribution in [2.75, 3.05) is 6.79 Å². The van der Waals surface area contributed by atoms with E-state index in [4.69, 9.17) is 25.4 Å². The SMILES string of the molecule is Cc1ccc(C(=N)N)c(OCc2ccc3c(c2)OCO3)n1. The number of pyridine rings is 1. The molecule has 0 radical (unpaired) electrons. The highest BCUT2D eigenvalue weighted by atomic mass is 16.7. The fraction of sp³-hybridized carbons (Fsp3) is 0.200. The summed E-state index contributed by atoms with van der Waals surface area (Å²) in [5.74, 6) is 1.74. The van der Waals surface area contributed by atoms with E-state index in [1.807, 2.05) is 25.1 Å². The van der Waals surface area contributed by atoms with Gasteiger partial charge in [-0.1, -0.05) is 6.07 Å². The topological polar surface area (TPSA) is 90.5 Å². The molecule has 2 heterocycles. The molecule has 3 N–H and O–H groups in total. The Balaban J connectivity index is 1.78. The molecule has 3 rings (SSSR count). The lowest BCUT2D eigenvalue weighted by Crippen LogP contribution is -2.14. The van der Waals surface area contributed by atoms with Crippen LogP contribution in [-0.4, -0.2) is 17.6 Å². The number of ether oxygens (including phenoxy) is 3. The van der Waals surface area contributed by atoms with Gasteiger partial charge in [0.25, 0.3) is 0 Å². The normalized spacial score (nSPS) is 12.2. The van der Waals surface area contributed by atoms with Crippen LogP contribution in [0.2, 0.25) is 0 Å². The Bertz CT molecular complexity index is 701. The molecule has 1 aliphatic rings. The van der Waals surface area contributed by atoms with Crippen molar-refractivity contribution in [2.45, 2.75) is 13.5 Å². The molecule has 0 fully saturated rings. The molecule has 0 unspecified atom stereocenters. The summed E-state index contributed by atoms with van der Waals surface area (Å²) in [6, 6.07) is 9.14. The molecular formula is C15H15N3O3. The minimum Gasteiger partial charge on any atom is -0.472 e. The molecule has 0 spiro atoms. The van der Waals surface area contributed by atoms with Crippen LogP contribution >= 0.6 is 0 Å². The van der Waals surface area contributed by atoms with E-state index in [1.54, 1.807) is 12.1 Å². The zero-order valence-corrected chi connectivity index (χ0v) is 11.6. The van der Waals surface area contributed by atoms with E-state index in [9.17, 15) is 0 Å². The van der Waals surface area contributed by atoms with Crippen molar-refractivity contribution >= 4 is 5.84 Å². The van der Waals surface area contributed by atoms with Crippen LogP contribution in [-0.2, 0) is 6.61 Å². The average molecular weight is 285 g/mol. The van der Waals surface area contributed by atoms with Gasteiger partial charge in [0, 0.05) is 5.69 Å². The Morgan fingerprint density at radius 3 is 2.90 bits per heavy atom. The molecule has 1 aromatic heterocycles. The molecule has 0 amide bonds. The Kier molecular flexibility index (Phi) is 3.35. The molecule has 0 saturated carbocycles. The van der Waals surface area contributed by atoms with Gasteiger partial charge >= 0.3 is 0 Å². The molecule has 6 nitrogen and oxygen atoms in total.